The summed E-state index contributed by atoms with van der Waals surface area (Å²) in [4.78, 5) is 42.5. The average molecular weight is 681 g/mol. The van der Waals surface area contributed by atoms with Crippen LogP contribution in [0.4, 0.5) is 0 Å². The molecule has 0 radical (unpaired) electrons. The van der Waals surface area contributed by atoms with Crippen molar-refractivity contribution in [3.63, 3.8) is 0 Å². The van der Waals surface area contributed by atoms with Gasteiger partial charge in [0.25, 0.3) is 0 Å². The van der Waals surface area contributed by atoms with Crippen molar-refractivity contribution in [2.24, 2.45) is 21.7 Å². The van der Waals surface area contributed by atoms with E-state index in [1.807, 2.05) is 0 Å². The van der Waals surface area contributed by atoms with Gasteiger partial charge in [-0.2, -0.15) is 0 Å². The predicted molar refractivity (Wildman–Crippen MR) is 194 cm³/mol. The van der Waals surface area contributed by atoms with Crippen molar-refractivity contribution in [1.29, 1.82) is 0 Å². The first-order chi connectivity index (χ1) is 23.4. The Kier molecular flexibility index (Phi) is 9.10. The molecule has 2 aromatic heterocycles. The van der Waals surface area contributed by atoms with Gasteiger partial charge in [-0.1, -0.05) is 90.1 Å². The fraction of sp³-hybridized carbons (Fsp3) is 0.500. The summed E-state index contributed by atoms with van der Waals surface area (Å²) in [5.74, 6) is 1.14. The minimum Gasteiger partial charge on any atom is -0.392 e. The topological polar surface area (TPSA) is 156 Å². The molecule has 0 bridgehead atoms. The number of imidazole rings is 2. The Balaban J connectivity index is 1.14. The maximum absolute atomic E-state index is 13.2. The molecule has 2 saturated carbocycles. The van der Waals surface area contributed by atoms with E-state index in [1.165, 1.54) is 0 Å². The van der Waals surface area contributed by atoms with Crippen LogP contribution in [-0.2, 0) is 9.59 Å². The van der Waals surface area contributed by atoms with Crippen LogP contribution in [0.15, 0.2) is 60.9 Å². The summed E-state index contributed by atoms with van der Waals surface area (Å²) in [6.07, 6.45) is 5.01. The summed E-state index contributed by atoms with van der Waals surface area (Å²) >= 11 is 0. The van der Waals surface area contributed by atoms with Gasteiger partial charge in [0, 0.05) is 0 Å². The van der Waals surface area contributed by atoms with Crippen LogP contribution in [0.1, 0.15) is 105 Å². The molecule has 2 unspecified atom stereocenters. The van der Waals surface area contributed by atoms with Gasteiger partial charge < -0.3 is 30.8 Å². The van der Waals surface area contributed by atoms with Crippen molar-refractivity contribution in [2.45, 2.75) is 105 Å². The van der Waals surface area contributed by atoms with E-state index in [0.717, 1.165) is 33.6 Å². The zero-order valence-electron chi connectivity index (χ0n) is 30.5. The maximum atomic E-state index is 13.2. The number of benzene rings is 2. The lowest BCUT2D eigenvalue weighted by Crippen LogP contribution is -2.44. The molecule has 10 heteroatoms. The molecule has 4 aromatic rings. The lowest BCUT2D eigenvalue weighted by atomic mass is 9.85. The molecule has 0 aliphatic heterocycles. The van der Waals surface area contributed by atoms with Crippen molar-refractivity contribution in [3.8, 4) is 33.6 Å². The van der Waals surface area contributed by atoms with Gasteiger partial charge in [-0.25, -0.2) is 9.97 Å². The minimum atomic E-state index is -0.692. The van der Waals surface area contributed by atoms with Gasteiger partial charge in [-0.15, -0.1) is 0 Å². The second-order valence-corrected chi connectivity index (χ2v) is 16.7. The number of nitrogens with one attached hydrogen (secondary N) is 4. The highest BCUT2D eigenvalue weighted by Crippen LogP contribution is 2.51. The molecule has 50 heavy (non-hydrogen) atoms. The van der Waals surface area contributed by atoms with Crippen LogP contribution in [0.25, 0.3) is 33.6 Å². The number of H-pyrrole nitrogens is 2. The van der Waals surface area contributed by atoms with E-state index in [4.69, 9.17) is 0 Å². The van der Waals surface area contributed by atoms with Crippen LogP contribution in [0, 0.1) is 21.7 Å². The first-order valence-corrected chi connectivity index (χ1v) is 17.7. The molecule has 0 saturated heterocycles. The fourth-order valence-corrected chi connectivity index (χ4v) is 6.82. The van der Waals surface area contributed by atoms with Crippen molar-refractivity contribution < 1.29 is 19.8 Å². The Hall–Kier alpha value is -4.28. The van der Waals surface area contributed by atoms with Gasteiger partial charge >= 0.3 is 0 Å². The Morgan fingerprint density at radius 1 is 0.620 bits per heavy atom. The predicted octanol–water partition coefficient (Wildman–Crippen LogP) is 6.86. The Labute approximate surface area is 294 Å². The van der Waals surface area contributed by atoms with Crippen molar-refractivity contribution in [1.82, 2.24) is 30.6 Å². The highest BCUT2D eigenvalue weighted by Gasteiger charge is 2.55. The standard InChI is InChI=1S/C40H52N6O4/c1-23(47)39(17-18-39)35(49)45-31(37(3,4)5)33-41-21-29(43-33)27-13-9-25(10-14-27)26-11-15-28(16-12-26)30-22-42-34(44-30)32(38(6,7)8)46-36(50)40(19-20-40)24(2)48/h9-16,21-24,31-32,47-48H,17-20H2,1-8H3,(H,41,43)(H,42,44)(H,45,49)(H,46,50)/t23?,24?,31-,32-/m1/s1. The first-order valence-electron chi connectivity index (χ1n) is 17.7. The number of carbonyl (C=O) groups excluding carboxylic acids is 2. The van der Waals surface area contributed by atoms with Crippen LogP contribution >= 0.6 is 0 Å². The van der Waals surface area contributed by atoms with Crippen LogP contribution in [0.3, 0.4) is 0 Å². The quantitative estimate of drug-likeness (QED) is 0.102. The summed E-state index contributed by atoms with van der Waals surface area (Å²) < 4.78 is 0. The van der Waals surface area contributed by atoms with Gasteiger partial charge in [0.1, 0.15) is 11.6 Å². The molecule has 266 valence electrons. The first kappa shape index (κ1) is 35.5. The maximum Gasteiger partial charge on any atom is 0.229 e. The smallest absolute Gasteiger partial charge is 0.229 e. The summed E-state index contributed by atoms with van der Waals surface area (Å²) in [7, 11) is 0. The number of rotatable bonds is 11. The number of aromatic amines is 2. The van der Waals surface area contributed by atoms with Crippen LogP contribution in [0.5, 0.6) is 0 Å². The summed E-state index contributed by atoms with van der Waals surface area (Å²) in [6, 6.07) is 15.9. The Morgan fingerprint density at radius 2 is 0.920 bits per heavy atom. The van der Waals surface area contributed by atoms with Gasteiger partial charge in [0.05, 0.1) is 58.9 Å². The van der Waals surface area contributed by atoms with E-state index >= 15 is 0 Å². The molecule has 6 N–H and O–H groups in total. The second kappa shape index (κ2) is 12.8. The summed E-state index contributed by atoms with van der Waals surface area (Å²) in [5.41, 5.74) is 3.85. The highest BCUT2D eigenvalue weighted by atomic mass is 16.3. The number of nitrogens with zero attached hydrogens (tertiary/aromatic N) is 2. The molecular weight excluding hydrogens is 628 g/mol. The monoisotopic (exact) mass is 680 g/mol. The number of aliphatic hydroxyl groups is 2. The largest absolute Gasteiger partial charge is 0.392 e. The summed E-state index contributed by atoms with van der Waals surface area (Å²) in [5, 5.41) is 26.8. The van der Waals surface area contributed by atoms with Crippen molar-refractivity contribution in [2.75, 3.05) is 0 Å². The van der Waals surface area contributed by atoms with Crippen LogP contribution < -0.4 is 10.6 Å². The summed E-state index contributed by atoms with van der Waals surface area (Å²) in [6.45, 7) is 15.8. The second-order valence-electron chi connectivity index (χ2n) is 16.7. The van der Waals surface area contributed by atoms with Crippen molar-refractivity contribution >= 4 is 11.8 Å². The van der Waals surface area contributed by atoms with Crippen molar-refractivity contribution in [3.05, 3.63) is 72.6 Å². The normalized spacial score (nSPS) is 18.8. The van der Waals surface area contributed by atoms with Gasteiger partial charge in [-0.3, -0.25) is 9.59 Å². The molecule has 2 amide bonds. The fourth-order valence-electron chi connectivity index (χ4n) is 6.82. The van der Waals surface area contributed by atoms with Crippen LogP contribution in [0.2, 0.25) is 0 Å². The number of amides is 2. The third-order valence-corrected chi connectivity index (χ3v) is 10.8. The van der Waals surface area contributed by atoms with E-state index in [1.54, 1.807) is 26.2 Å². The molecule has 6 rings (SSSR count). The van der Waals surface area contributed by atoms with Gasteiger partial charge in [0.2, 0.25) is 11.8 Å². The molecule has 2 aliphatic rings. The molecular formula is C40H52N6O4. The zero-order chi connectivity index (χ0) is 36.2. The minimum absolute atomic E-state index is 0.119. The number of aliphatic hydroxyl groups excluding tert-OH is 2. The number of carbonyl (C=O) groups is 2. The van der Waals surface area contributed by atoms with E-state index in [2.05, 4.69) is 121 Å². The highest BCUT2D eigenvalue weighted by molar-refractivity contribution is 5.87. The number of aromatic nitrogens is 4. The van der Waals surface area contributed by atoms with E-state index < -0.39 is 23.0 Å². The van der Waals surface area contributed by atoms with E-state index in [-0.39, 0.29) is 34.7 Å². The van der Waals surface area contributed by atoms with E-state index in [0.29, 0.717) is 37.3 Å². The third kappa shape index (κ3) is 6.88. The third-order valence-electron chi connectivity index (χ3n) is 10.8. The Morgan fingerprint density at radius 3 is 1.18 bits per heavy atom. The molecule has 4 atom stereocenters. The van der Waals surface area contributed by atoms with E-state index in [9.17, 15) is 19.8 Å². The van der Waals surface area contributed by atoms with Gasteiger partial charge in [-0.05, 0) is 72.6 Å². The molecule has 2 aromatic carbocycles. The zero-order valence-corrected chi connectivity index (χ0v) is 30.5. The molecule has 2 aliphatic carbocycles. The lowest BCUT2D eigenvalue weighted by Gasteiger charge is -2.32. The number of hydrogen-bond acceptors (Lipinski definition) is 6. The SMILES string of the molecule is CC(O)C1(C(=O)N[C@H](c2ncc(-c3ccc(-c4ccc(-c5cnc([C@@H](NC(=O)C6(C(C)O)CC6)C(C)(C)C)[nH]5)cc4)cc3)[nH]2)C(C)(C)C)CC1. The number of hydrogen-bond donors (Lipinski definition) is 6. The molecule has 2 heterocycles. The van der Waals surface area contributed by atoms with Crippen LogP contribution in [-0.4, -0.2) is 54.2 Å². The molecule has 10 nitrogen and oxygen atoms in total. The Bertz CT molecular complexity index is 1700. The lowest BCUT2D eigenvalue weighted by molar-refractivity contribution is -0.132. The average Bonchev–Trinajstić information content (AvgIpc) is 3.95. The molecule has 2 fully saturated rings. The van der Waals surface area contributed by atoms with Gasteiger partial charge in [0.15, 0.2) is 0 Å². The molecule has 0 spiro atoms.